The minimum Gasteiger partial charge on any atom is -0.450 e. The van der Waals surface area contributed by atoms with Crippen LogP contribution in [0.2, 0.25) is 0 Å². The predicted octanol–water partition coefficient (Wildman–Crippen LogP) is 3.91. The van der Waals surface area contributed by atoms with Crippen LogP contribution >= 0.6 is 0 Å². The lowest BCUT2D eigenvalue weighted by atomic mass is 10.1. The van der Waals surface area contributed by atoms with Crippen LogP contribution in [-0.2, 0) is 9.53 Å². The highest BCUT2D eigenvalue weighted by molar-refractivity contribution is 5.96. The number of ether oxygens (including phenoxy) is 1. The van der Waals surface area contributed by atoms with Gasteiger partial charge in [-0.05, 0) is 50.6 Å². The molecule has 2 rings (SSSR count). The number of hydrogen-bond acceptors (Lipinski definition) is 6. The summed E-state index contributed by atoms with van der Waals surface area (Å²) in [6, 6.07) is 10.3. The molecule has 0 bridgehead atoms. The number of carbonyl (C=O) groups is 2. The Labute approximate surface area is 162 Å². The topological polar surface area (TPSA) is 123 Å². The van der Waals surface area contributed by atoms with Gasteiger partial charge in [-0.25, -0.2) is 4.79 Å². The van der Waals surface area contributed by atoms with Crippen LogP contribution in [0.4, 0.5) is 27.5 Å². The SMILES string of the molecule is CCOC(=O)Nc1cccc(NC(C)C(=O)Nc2ccc([N+](=O)[O-])cc2)c1C. The lowest BCUT2D eigenvalue weighted by Crippen LogP contribution is -2.32. The fourth-order valence-electron chi connectivity index (χ4n) is 2.42. The van der Waals surface area contributed by atoms with Crippen molar-refractivity contribution in [2.45, 2.75) is 26.8 Å². The van der Waals surface area contributed by atoms with Crippen molar-refractivity contribution in [3.63, 3.8) is 0 Å². The molecule has 3 N–H and O–H groups in total. The molecule has 2 aromatic carbocycles. The van der Waals surface area contributed by atoms with Crippen LogP contribution in [-0.4, -0.2) is 29.6 Å². The summed E-state index contributed by atoms with van der Waals surface area (Å²) in [6.07, 6.45) is -0.549. The van der Waals surface area contributed by atoms with Crippen LogP contribution < -0.4 is 16.0 Å². The van der Waals surface area contributed by atoms with Crippen molar-refractivity contribution in [1.29, 1.82) is 0 Å². The number of benzene rings is 2. The molecule has 0 fully saturated rings. The van der Waals surface area contributed by atoms with Gasteiger partial charge in [-0.15, -0.1) is 0 Å². The second-order valence-electron chi connectivity index (χ2n) is 5.98. The van der Waals surface area contributed by atoms with Gasteiger partial charge in [0.1, 0.15) is 6.04 Å². The van der Waals surface area contributed by atoms with Gasteiger partial charge >= 0.3 is 6.09 Å². The van der Waals surface area contributed by atoms with Gasteiger partial charge < -0.3 is 15.4 Å². The van der Waals surface area contributed by atoms with Crippen LogP contribution in [0, 0.1) is 17.0 Å². The molecule has 2 aromatic rings. The molecule has 0 aliphatic carbocycles. The molecule has 9 nitrogen and oxygen atoms in total. The molecule has 0 radical (unpaired) electrons. The van der Waals surface area contributed by atoms with Gasteiger partial charge in [0.2, 0.25) is 5.91 Å². The van der Waals surface area contributed by atoms with Crippen LogP contribution in [0.25, 0.3) is 0 Å². The Morgan fingerprint density at radius 3 is 2.36 bits per heavy atom. The Bertz CT molecular complexity index is 867. The average molecular weight is 386 g/mol. The van der Waals surface area contributed by atoms with Crippen LogP contribution in [0.15, 0.2) is 42.5 Å². The summed E-state index contributed by atoms with van der Waals surface area (Å²) < 4.78 is 4.87. The number of rotatable bonds is 7. The highest BCUT2D eigenvalue weighted by Gasteiger charge is 2.16. The molecule has 9 heteroatoms. The van der Waals surface area contributed by atoms with E-state index in [1.54, 1.807) is 32.0 Å². The van der Waals surface area contributed by atoms with Crippen molar-refractivity contribution in [2.75, 3.05) is 22.6 Å². The number of carbonyl (C=O) groups excluding carboxylic acids is 2. The summed E-state index contributed by atoms with van der Waals surface area (Å²) in [7, 11) is 0. The van der Waals surface area contributed by atoms with Gasteiger partial charge in [-0.1, -0.05) is 6.07 Å². The van der Waals surface area contributed by atoms with Gasteiger partial charge in [-0.2, -0.15) is 0 Å². The quantitative estimate of drug-likeness (QED) is 0.490. The first-order valence-corrected chi connectivity index (χ1v) is 8.67. The summed E-state index contributed by atoms with van der Waals surface area (Å²) in [5.41, 5.74) is 2.42. The molecule has 2 amide bonds. The number of nitrogens with one attached hydrogen (secondary N) is 3. The van der Waals surface area contributed by atoms with E-state index in [0.717, 1.165) is 5.56 Å². The average Bonchev–Trinajstić information content (AvgIpc) is 2.65. The maximum absolute atomic E-state index is 12.4. The molecule has 1 atom stereocenters. The zero-order chi connectivity index (χ0) is 20.7. The van der Waals surface area contributed by atoms with Crippen molar-refractivity contribution < 1.29 is 19.2 Å². The van der Waals surface area contributed by atoms with E-state index in [2.05, 4.69) is 16.0 Å². The van der Waals surface area contributed by atoms with Gasteiger partial charge in [0.05, 0.1) is 11.5 Å². The third-order valence-electron chi connectivity index (χ3n) is 3.96. The van der Waals surface area contributed by atoms with Crippen molar-refractivity contribution in [3.05, 3.63) is 58.1 Å². The molecular formula is C19H22N4O5. The Morgan fingerprint density at radius 1 is 1.11 bits per heavy atom. The van der Waals surface area contributed by atoms with Crippen molar-refractivity contribution in [1.82, 2.24) is 0 Å². The highest BCUT2D eigenvalue weighted by atomic mass is 16.6. The molecule has 148 valence electrons. The van der Waals surface area contributed by atoms with E-state index in [-0.39, 0.29) is 18.2 Å². The van der Waals surface area contributed by atoms with E-state index in [1.807, 2.05) is 6.92 Å². The minimum absolute atomic E-state index is 0.0503. The van der Waals surface area contributed by atoms with E-state index in [1.165, 1.54) is 24.3 Å². The molecular weight excluding hydrogens is 364 g/mol. The highest BCUT2D eigenvalue weighted by Crippen LogP contribution is 2.24. The predicted molar refractivity (Wildman–Crippen MR) is 107 cm³/mol. The number of non-ortho nitro benzene ring substituents is 1. The second-order valence-corrected chi connectivity index (χ2v) is 5.98. The van der Waals surface area contributed by atoms with Crippen LogP contribution in [0.3, 0.4) is 0 Å². The standard InChI is InChI=1S/C19H22N4O5/c1-4-28-19(25)22-17-7-5-6-16(12(17)2)20-13(3)18(24)21-14-8-10-15(11-9-14)23(26)27/h5-11,13,20H,4H2,1-3H3,(H,21,24)(H,22,25). The third kappa shape index (κ3) is 5.44. The maximum Gasteiger partial charge on any atom is 0.411 e. The first kappa shape index (κ1) is 20.7. The third-order valence-corrected chi connectivity index (χ3v) is 3.96. The molecule has 0 aromatic heterocycles. The Balaban J connectivity index is 2.03. The number of nitro benzene ring substituents is 1. The monoisotopic (exact) mass is 386 g/mol. The first-order chi connectivity index (χ1) is 13.3. The summed E-state index contributed by atoms with van der Waals surface area (Å²) in [5, 5.41) is 19.1. The van der Waals surface area contributed by atoms with E-state index in [9.17, 15) is 19.7 Å². The van der Waals surface area contributed by atoms with Gasteiger partial charge in [0, 0.05) is 29.2 Å². The smallest absolute Gasteiger partial charge is 0.411 e. The first-order valence-electron chi connectivity index (χ1n) is 8.67. The van der Waals surface area contributed by atoms with Crippen molar-refractivity contribution >= 4 is 34.7 Å². The second kappa shape index (κ2) is 9.36. The molecule has 1 unspecified atom stereocenters. The van der Waals surface area contributed by atoms with Gasteiger partial charge in [0.15, 0.2) is 0 Å². The molecule has 28 heavy (non-hydrogen) atoms. The number of amides is 2. The minimum atomic E-state index is -0.591. The fraction of sp³-hybridized carbons (Fsp3) is 0.263. The molecule has 0 spiro atoms. The largest absolute Gasteiger partial charge is 0.450 e. The zero-order valence-electron chi connectivity index (χ0n) is 15.8. The number of hydrogen-bond donors (Lipinski definition) is 3. The summed E-state index contributed by atoms with van der Waals surface area (Å²) in [5.74, 6) is -0.308. The normalized spacial score (nSPS) is 11.2. The van der Waals surface area contributed by atoms with Crippen molar-refractivity contribution in [3.8, 4) is 0 Å². The summed E-state index contributed by atoms with van der Waals surface area (Å²) in [6.45, 7) is 5.48. The molecule has 0 saturated carbocycles. The van der Waals surface area contributed by atoms with E-state index in [0.29, 0.717) is 17.1 Å². The molecule has 0 aliphatic rings. The Hall–Kier alpha value is -3.62. The number of nitro groups is 1. The fourth-order valence-corrected chi connectivity index (χ4v) is 2.42. The zero-order valence-corrected chi connectivity index (χ0v) is 15.8. The number of anilines is 3. The van der Waals surface area contributed by atoms with Crippen LogP contribution in [0.5, 0.6) is 0 Å². The maximum atomic E-state index is 12.4. The van der Waals surface area contributed by atoms with E-state index in [4.69, 9.17) is 4.74 Å². The van der Waals surface area contributed by atoms with E-state index < -0.39 is 17.1 Å². The molecule has 0 aliphatic heterocycles. The lowest BCUT2D eigenvalue weighted by Gasteiger charge is -2.18. The summed E-state index contributed by atoms with van der Waals surface area (Å²) in [4.78, 5) is 34.2. The Morgan fingerprint density at radius 2 is 1.75 bits per heavy atom. The van der Waals surface area contributed by atoms with Crippen molar-refractivity contribution in [2.24, 2.45) is 0 Å². The number of nitrogens with zero attached hydrogens (tertiary/aromatic N) is 1. The lowest BCUT2D eigenvalue weighted by molar-refractivity contribution is -0.384. The molecule has 0 saturated heterocycles. The van der Waals surface area contributed by atoms with E-state index >= 15 is 0 Å². The van der Waals surface area contributed by atoms with Gasteiger partial charge in [0.25, 0.3) is 5.69 Å². The summed E-state index contributed by atoms with van der Waals surface area (Å²) >= 11 is 0. The van der Waals surface area contributed by atoms with Crippen LogP contribution in [0.1, 0.15) is 19.4 Å². The molecule has 0 heterocycles. The Kier molecular flexibility index (Phi) is 6.91. The van der Waals surface area contributed by atoms with Gasteiger partial charge in [-0.3, -0.25) is 20.2 Å².